The van der Waals surface area contributed by atoms with Crippen molar-refractivity contribution in [3.63, 3.8) is 0 Å². The molecule has 1 aromatic heterocycles. The van der Waals surface area contributed by atoms with Gasteiger partial charge in [0.15, 0.2) is 0 Å². The number of nitrogens with zero attached hydrogens (tertiary/aromatic N) is 1. The summed E-state index contributed by atoms with van der Waals surface area (Å²) in [5.41, 5.74) is 9.94. The zero-order chi connectivity index (χ0) is 16.1. The van der Waals surface area contributed by atoms with Gasteiger partial charge in [-0.15, -0.1) is 12.4 Å². The number of nitrogens with two attached hydrogens (primary N) is 1. The lowest BCUT2D eigenvalue weighted by Crippen LogP contribution is -2.00. The van der Waals surface area contributed by atoms with Gasteiger partial charge in [0.2, 0.25) is 5.88 Å². The molecule has 0 aliphatic rings. The Labute approximate surface area is 152 Å². The van der Waals surface area contributed by atoms with Gasteiger partial charge >= 0.3 is 0 Å². The molecule has 0 aliphatic heterocycles. The van der Waals surface area contributed by atoms with Crippen molar-refractivity contribution in [2.24, 2.45) is 5.73 Å². The second-order valence-corrected chi connectivity index (χ2v) is 5.60. The van der Waals surface area contributed by atoms with Crippen molar-refractivity contribution in [2.45, 2.75) is 13.2 Å². The number of rotatable bonds is 5. The van der Waals surface area contributed by atoms with E-state index in [-0.39, 0.29) is 12.4 Å². The van der Waals surface area contributed by atoms with Gasteiger partial charge in [0.25, 0.3) is 0 Å². The molecule has 3 rings (SSSR count). The average molecular weight is 361 g/mol. The summed E-state index contributed by atoms with van der Waals surface area (Å²) in [7, 11) is 0. The fraction of sp³-hybridized carbons (Fsp3) is 0.105. The molecule has 3 nitrogen and oxygen atoms in total. The zero-order valence-corrected chi connectivity index (χ0v) is 14.6. The minimum Gasteiger partial charge on any atom is -0.473 e. The van der Waals surface area contributed by atoms with E-state index in [1.54, 1.807) is 6.20 Å². The van der Waals surface area contributed by atoms with Gasteiger partial charge in [0, 0.05) is 29.4 Å². The Balaban J connectivity index is 0.00000208. The molecule has 0 amide bonds. The standard InChI is InChI=1S/C19H17ClN2O.ClH/c20-17-7-8-18(16(10-17)11-21)15-6-9-19(22-12-15)23-13-14-4-2-1-3-5-14;/h1-10,12H,11,13,21H2;1H. The van der Waals surface area contributed by atoms with Crippen molar-refractivity contribution in [1.29, 1.82) is 0 Å². The summed E-state index contributed by atoms with van der Waals surface area (Å²) < 4.78 is 5.70. The number of hydrogen-bond donors (Lipinski definition) is 1. The summed E-state index contributed by atoms with van der Waals surface area (Å²) in [6.07, 6.45) is 1.79. The molecule has 3 aromatic rings. The van der Waals surface area contributed by atoms with Crippen LogP contribution in [-0.4, -0.2) is 4.98 Å². The Morgan fingerprint density at radius 2 is 1.79 bits per heavy atom. The maximum atomic E-state index is 6.02. The van der Waals surface area contributed by atoms with Gasteiger partial charge in [-0.3, -0.25) is 0 Å². The number of pyridine rings is 1. The summed E-state index contributed by atoms with van der Waals surface area (Å²) in [6, 6.07) is 19.6. The summed E-state index contributed by atoms with van der Waals surface area (Å²) in [4.78, 5) is 4.37. The fourth-order valence-corrected chi connectivity index (χ4v) is 2.56. The number of aromatic nitrogens is 1. The van der Waals surface area contributed by atoms with Crippen molar-refractivity contribution in [2.75, 3.05) is 0 Å². The predicted octanol–water partition coefficient (Wildman–Crippen LogP) is 4.86. The Morgan fingerprint density at radius 1 is 1.00 bits per heavy atom. The molecular formula is C19H18Cl2N2O. The zero-order valence-electron chi connectivity index (χ0n) is 13.0. The molecule has 1 heterocycles. The smallest absolute Gasteiger partial charge is 0.213 e. The van der Waals surface area contributed by atoms with Crippen LogP contribution in [0.2, 0.25) is 5.02 Å². The van der Waals surface area contributed by atoms with Gasteiger partial charge in [-0.05, 0) is 34.9 Å². The van der Waals surface area contributed by atoms with Crippen LogP contribution >= 0.6 is 24.0 Å². The number of halogens is 2. The van der Waals surface area contributed by atoms with Gasteiger partial charge in [-0.1, -0.05) is 48.0 Å². The Hall–Kier alpha value is -2.07. The third-order valence-electron chi connectivity index (χ3n) is 3.56. The van der Waals surface area contributed by atoms with E-state index < -0.39 is 0 Å². The first-order valence-electron chi connectivity index (χ1n) is 7.38. The summed E-state index contributed by atoms with van der Waals surface area (Å²) in [5.74, 6) is 0.598. The highest BCUT2D eigenvalue weighted by atomic mass is 35.5. The molecule has 24 heavy (non-hydrogen) atoms. The molecule has 0 radical (unpaired) electrons. The largest absolute Gasteiger partial charge is 0.473 e. The van der Waals surface area contributed by atoms with E-state index in [0.29, 0.717) is 24.1 Å². The lowest BCUT2D eigenvalue weighted by Gasteiger charge is -2.10. The van der Waals surface area contributed by atoms with E-state index >= 15 is 0 Å². The van der Waals surface area contributed by atoms with Crippen LogP contribution in [0.3, 0.4) is 0 Å². The molecule has 0 atom stereocenters. The first kappa shape index (κ1) is 18.3. The van der Waals surface area contributed by atoms with Crippen LogP contribution in [0.4, 0.5) is 0 Å². The molecule has 0 saturated carbocycles. The summed E-state index contributed by atoms with van der Waals surface area (Å²) in [6.45, 7) is 0.935. The average Bonchev–Trinajstić information content (AvgIpc) is 2.61. The third kappa shape index (κ3) is 4.48. The van der Waals surface area contributed by atoms with Crippen molar-refractivity contribution in [3.8, 4) is 17.0 Å². The van der Waals surface area contributed by atoms with Crippen molar-refractivity contribution < 1.29 is 4.74 Å². The van der Waals surface area contributed by atoms with Gasteiger partial charge in [-0.2, -0.15) is 0 Å². The highest BCUT2D eigenvalue weighted by Gasteiger charge is 2.06. The van der Waals surface area contributed by atoms with Crippen LogP contribution in [-0.2, 0) is 13.2 Å². The molecule has 2 aromatic carbocycles. The molecule has 0 aliphatic carbocycles. The minimum absolute atomic E-state index is 0. The van der Waals surface area contributed by atoms with Gasteiger partial charge in [0.05, 0.1) is 0 Å². The normalized spacial score (nSPS) is 10.1. The molecule has 5 heteroatoms. The number of benzene rings is 2. The van der Waals surface area contributed by atoms with Gasteiger partial charge < -0.3 is 10.5 Å². The summed E-state index contributed by atoms with van der Waals surface area (Å²) >= 11 is 6.02. The van der Waals surface area contributed by atoms with Crippen molar-refractivity contribution in [3.05, 3.63) is 83.0 Å². The van der Waals surface area contributed by atoms with Crippen LogP contribution in [0.15, 0.2) is 66.9 Å². The lowest BCUT2D eigenvalue weighted by atomic mass is 10.0. The number of hydrogen-bond acceptors (Lipinski definition) is 3. The number of ether oxygens (including phenoxy) is 1. The van der Waals surface area contributed by atoms with E-state index in [1.807, 2.05) is 60.7 Å². The fourth-order valence-electron chi connectivity index (χ4n) is 2.37. The lowest BCUT2D eigenvalue weighted by molar-refractivity contribution is 0.294. The predicted molar refractivity (Wildman–Crippen MR) is 101 cm³/mol. The Bertz CT molecular complexity index is 777. The van der Waals surface area contributed by atoms with Crippen LogP contribution < -0.4 is 10.5 Å². The van der Waals surface area contributed by atoms with Crippen LogP contribution in [0.1, 0.15) is 11.1 Å². The molecule has 0 bridgehead atoms. The molecular weight excluding hydrogens is 343 g/mol. The monoisotopic (exact) mass is 360 g/mol. The Kier molecular flexibility index (Phi) is 6.62. The van der Waals surface area contributed by atoms with E-state index in [2.05, 4.69) is 4.98 Å². The molecule has 2 N–H and O–H groups in total. The van der Waals surface area contributed by atoms with E-state index in [1.165, 1.54) is 0 Å². The van der Waals surface area contributed by atoms with E-state index in [4.69, 9.17) is 22.1 Å². The second kappa shape index (κ2) is 8.69. The molecule has 0 spiro atoms. The van der Waals surface area contributed by atoms with Crippen molar-refractivity contribution in [1.82, 2.24) is 4.98 Å². The first-order chi connectivity index (χ1) is 11.3. The van der Waals surface area contributed by atoms with Crippen LogP contribution in [0.5, 0.6) is 5.88 Å². The minimum atomic E-state index is 0. The van der Waals surface area contributed by atoms with E-state index in [0.717, 1.165) is 22.3 Å². The van der Waals surface area contributed by atoms with Crippen LogP contribution in [0.25, 0.3) is 11.1 Å². The van der Waals surface area contributed by atoms with Crippen LogP contribution in [0, 0.1) is 0 Å². The first-order valence-corrected chi connectivity index (χ1v) is 7.75. The molecule has 124 valence electrons. The van der Waals surface area contributed by atoms with Gasteiger partial charge in [0.1, 0.15) is 6.61 Å². The quantitative estimate of drug-likeness (QED) is 0.706. The topological polar surface area (TPSA) is 48.1 Å². The Morgan fingerprint density at radius 3 is 2.46 bits per heavy atom. The maximum Gasteiger partial charge on any atom is 0.213 e. The SMILES string of the molecule is Cl.NCc1cc(Cl)ccc1-c1ccc(OCc2ccccc2)nc1. The third-order valence-corrected chi connectivity index (χ3v) is 3.80. The second-order valence-electron chi connectivity index (χ2n) is 5.16. The summed E-state index contributed by atoms with van der Waals surface area (Å²) in [5, 5.41) is 0.685. The van der Waals surface area contributed by atoms with E-state index in [9.17, 15) is 0 Å². The van der Waals surface area contributed by atoms with Crippen molar-refractivity contribution >= 4 is 24.0 Å². The molecule has 0 saturated heterocycles. The van der Waals surface area contributed by atoms with Gasteiger partial charge in [-0.25, -0.2) is 4.98 Å². The highest BCUT2D eigenvalue weighted by molar-refractivity contribution is 6.30. The maximum absolute atomic E-state index is 6.02. The highest BCUT2D eigenvalue weighted by Crippen LogP contribution is 2.27. The molecule has 0 unspecified atom stereocenters. The molecule has 0 fully saturated rings.